The highest BCUT2D eigenvalue weighted by Crippen LogP contribution is 2.18. The first kappa shape index (κ1) is 17.2. The van der Waals surface area contributed by atoms with Crippen LogP contribution in [0.25, 0.3) is 0 Å². The van der Waals surface area contributed by atoms with Gasteiger partial charge in [-0.05, 0) is 43.1 Å². The number of hydrogen-bond acceptors (Lipinski definition) is 6. The van der Waals surface area contributed by atoms with Gasteiger partial charge in [-0.15, -0.1) is 0 Å². The molecular formula is C19H24N6. The van der Waals surface area contributed by atoms with Crippen molar-refractivity contribution in [2.45, 2.75) is 25.4 Å². The molecule has 1 unspecified atom stereocenters. The lowest BCUT2D eigenvalue weighted by Gasteiger charge is -2.33. The number of nitriles is 1. The monoisotopic (exact) mass is 336 g/mol. The highest BCUT2D eigenvalue weighted by Gasteiger charge is 2.20. The van der Waals surface area contributed by atoms with Crippen molar-refractivity contribution in [3.63, 3.8) is 0 Å². The second-order valence-corrected chi connectivity index (χ2v) is 6.67. The van der Waals surface area contributed by atoms with Crippen molar-refractivity contribution in [1.29, 1.82) is 5.26 Å². The van der Waals surface area contributed by atoms with Crippen molar-refractivity contribution in [2.75, 3.05) is 37.4 Å². The number of hydrogen-bond donors (Lipinski definition) is 1. The van der Waals surface area contributed by atoms with E-state index in [0.717, 1.165) is 43.9 Å². The number of nitrogens with zero attached hydrogens (tertiary/aromatic N) is 5. The van der Waals surface area contributed by atoms with Gasteiger partial charge in [-0.25, -0.2) is 4.98 Å². The molecule has 0 spiro atoms. The maximum atomic E-state index is 9.05. The summed E-state index contributed by atoms with van der Waals surface area (Å²) >= 11 is 0. The fourth-order valence-electron chi connectivity index (χ4n) is 3.17. The third-order valence-corrected chi connectivity index (χ3v) is 4.36. The van der Waals surface area contributed by atoms with Gasteiger partial charge in [0.25, 0.3) is 0 Å². The highest BCUT2D eigenvalue weighted by molar-refractivity contribution is 5.41. The molecule has 1 saturated heterocycles. The Morgan fingerprint density at radius 2 is 2.24 bits per heavy atom. The van der Waals surface area contributed by atoms with Crippen LogP contribution in [0.5, 0.6) is 0 Å². The van der Waals surface area contributed by atoms with E-state index in [1.165, 1.54) is 5.56 Å². The Bertz CT molecular complexity index is 752. The van der Waals surface area contributed by atoms with Crippen LogP contribution >= 0.6 is 0 Å². The summed E-state index contributed by atoms with van der Waals surface area (Å²) in [6.07, 6.45) is 4.08. The van der Waals surface area contributed by atoms with Gasteiger partial charge in [0.1, 0.15) is 5.82 Å². The van der Waals surface area contributed by atoms with Gasteiger partial charge in [-0.2, -0.15) is 10.2 Å². The van der Waals surface area contributed by atoms with Gasteiger partial charge < -0.3 is 10.2 Å². The quantitative estimate of drug-likeness (QED) is 0.905. The molecule has 0 bridgehead atoms. The summed E-state index contributed by atoms with van der Waals surface area (Å²) in [4.78, 5) is 13.1. The van der Waals surface area contributed by atoms with Gasteiger partial charge in [0.15, 0.2) is 0 Å². The summed E-state index contributed by atoms with van der Waals surface area (Å²) in [6, 6.07) is 12.4. The van der Waals surface area contributed by atoms with Crippen molar-refractivity contribution in [1.82, 2.24) is 14.9 Å². The number of likely N-dealkylation sites (tertiary alicyclic amines) is 1. The molecule has 0 radical (unpaired) electrons. The molecule has 6 nitrogen and oxygen atoms in total. The number of benzene rings is 1. The Morgan fingerprint density at radius 3 is 3.04 bits per heavy atom. The average molecular weight is 336 g/mol. The van der Waals surface area contributed by atoms with Crippen molar-refractivity contribution in [3.8, 4) is 6.07 Å². The molecule has 0 aliphatic carbocycles. The van der Waals surface area contributed by atoms with Gasteiger partial charge in [0.05, 0.1) is 11.6 Å². The lowest BCUT2D eigenvalue weighted by Crippen LogP contribution is -2.41. The molecule has 2 heterocycles. The first-order valence-corrected chi connectivity index (χ1v) is 8.62. The minimum atomic E-state index is 0.373. The Balaban J connectivity index is 1.61. The van der Waals surface area contributed by atoms with Crippen LogP contribution in [0.1, 0.15) is 24.0 Å². The predicted molar refractivity (Wildman–Crippen MR) is 99.4 cm³/mol. The summed E-state index contributed by atoms with van der Waals surface area (Å²) in [5, 5.41) is 12.6. The lowest BCUT2D eigenvalue weighted by molar-refractivity contribution is 0.208. The largest absolute Gasteiger partial charge is 0.366 e. The average Bonchev–Trinajstić information content (AvgIpc) is 2.62. The SMILES string of the molecule is CN(C)c1nccc(NC2CCCN(Cc3cccc(C#N)c3)C2)n1. The Kier molecular flexibility index (Phi) is 5.46. The van der Waals surface area contributed by atoms with Gasteiger partial charge in [-0.3, -0.25) is 4.90 Å². The zero-order valence-electron chi connectivity index (χ0n) is 14.8. The second kappa shape index (κ2) is 7.95. The second-order valence-electron chi connectivity index (χ2n) is 6.67. The molecule has 1 N–H and O–H groups in total. The topological polar surface area (TPSA) is 68.1 Å². The minimum Gasteiger partial charge on any atom is -0.366 e. The van der Waals surface area contributed by atoms with Crippen LogP contribution < -0.4 is 10.2 Å². The lowest BCUT2D eigenvalue weighted by atomic mass is 10.0. The molecule has 1 aliphatic heterocycles. The van der Waals surface area contributed by atoms with Gasteiger partial charge in [0, 0.05) is 39.4 Å². The standard InChI is InChI=1S/C19H24N6/c1-24(2)19-21-9-8-18(23-19)22-17-7-4-10-25(14-17)13-16-6-3-5-15(11-16)12-20/h3,5-6,8-9,11,17H,4,7,10,13-14H2,1-2H3,(H,21,22,23). The summed E-state index contributed by atoms with van der Waals surface area (Å²) in [5.74, 6) is 1.59. The Labute approximate surface area is 149 Å². The first-order valence-electron chi connectivity index (χ1n) is 8.62. The van der Waals surface area contributed by atoms with E-state index in [2.05, 4.69) is 32.3 Å². The third-order valence-electron chi connectivity index (χ3n) is 4.36. The van der Waals surface area contributed by atoms with E-state index in [1.54, 1.807) is 6.20 Å². The molecule has 1 aromatic heterocycles. The maximum Gasteiger partial charge on any atom is 0.226 e. The molecule has 130 valence electrons. The predicted octanol–water partition coefficient (Wildman–Crippen LogP) is 2.49. The van der Waals surface area contributed by atoms with Crippen molar-refractivity contribution in [3.05, 3.63) is 47.7 Å². The first-order chi connectivity index (χ1) is 12.1. The zero-order chi connectivity index (χ0) is 17.6. The van der Waals surface area contributed by atoms with E-state index in [1.807, 2.05) is 43.3 Å². The molecule has 3 rings (SSSR count). The summed E-state index contributed by atoms with van der Waals surface area (Å²) in [5.41, 5.74) is 1.91. The van der Waals surface area contributed by atoms with Crippen molar-refractivity contribution in [2.24, 2.45) is 0 Å². The van der Waals surface area contributed by atoms with Crippen molar-refractivity contribution < 1.29 is 0 Å². The molecule has 0 amide bonds. The van der Waals surface area contributed by atoms with Gasteiger partial charge in [0.2, 0.25) is 5.95 Å². The molecule has 1 atom stereocenters. The number of nitrogens with one attached hydrogen (secondary N) is 1. The minimum absolute atomic E-state index is 0.373. The van der Waals surface area contributed by atoms with E-state index in [0.29, 0.717) is 12.0 Å². The normalized spacial score (nSPS) is 17.7. The number of aromatic nitrogens is 2. The number of anilines is 2. The van der Waals surface area contributed by atoms with E-state index < -0.39 is 0 Å². The molecule has 25 heavy (non-hydrogen) atoms. The number of piperidine rings is 1. The van der Waals surface area contributed by atoms with Gasteiger partial charge >= 0.3 is 0 Å². The van der Waals surface area contributed by atoms with Crippen LogP contribution in [-0.2, 0) is 6.54 Å². The van der Waals surface area contributed by atoms with Gasteiger partial charge in [-0.1, -0.05) is 12.1 Å². The van der Waals surface area contributed by atoms with E-state index in [-0.39, 0.29) is 0 Å². The number of rotatable bonds is 5. The summed E-state index contributed by atoms with van der Waals surface area (Å²) < 4.78 is 0. The third kappa shape index (κ3) is 4.68. The molecule has 6 heteroatoms. The Morgan fingerprint density at radius 1 is 1.36 bits per heavy atom. The fraction of sp³-hybridized carbons (Fsp3) is 0.421. The molecule has 1 aliphatic rings. The van der Waals surface area contributed by atoms with Crippen LogP contribution in [0.15, 0.2) is 36.5 Å². The van der Waals surface area contributed by atoms with E-state index in [9.17, 15) is 0 Å². The molecular weight excluding hydrogens is 312 g/mol. The molecule has 0 saturated carbocycles. The zero-order valence-corrected chi connectivity index (χ0v) is 14.8. The summed E-state index contributed by atoms with van der Waals surface area (Å²) in [6.45, 7) is 2.93. The smallest absolute Gasteiger partial charge is 0.226 e. The van der Waals surface area contributed by atoms with E-state index >= 15 is 0 Å². The molecule has 1 fully saturated rings. The van der Waals surface area contributed by atoms with Crippen LogP contribution in [0, 0.1) is 11.3 Å². The van der Waals surface area contributed by atoms with Crippen LogP contribution in [0.2, 0.25) is 0 Å². The molecule has 2 aromatic rings. The summed E-state index contributed by atoms with van der Waals surface area (Å²) in [7, 11) is 3.88. The fourth-order valence-corrected chi connectivity index (χ4v) is 3.17. The highest BCUT2D eigenvalue weighted by atomic mass is 15.2. The van der Waals surface area contributed by atoms with Crippen LogP contribution in [-0.4, -0.2) is 48.1 Å². The van der Waals surface area contributed by atoms with E-state index in [4.69, 9.17) is 5.26 Å². The van der Waals surface area contributed by atoms with Crippen LogP contribution in [0.3, 0.4) is 0 Å². The Hall–Kier alpha value is -2.65. The van der Waals surface area contributed by atoms with Crippen LogP contribution in [0.4, 0.5) is 11.8 Å². The maximum absolute atomic E-state index is 9.05. The molecule has 1 aromatic carbocycles. The van der Waals surface area contributed by atoms with Crippen molar-refractivity contribution >= 4 is 11.8 Å².